The Bertz CT molecular complexity index is 779. The number of aliphatic hydroxyl groups excluding tert-OH is 1. The number of hydrogen-bond acceptors (Lipinski definition) is 2. The third-order valence-corrected chi connectivity index (χ3v) is 3.51. The number of rotatable bonds is 2. The number of fused-ring (bicyclic) bond motifs is 1. The fraction of sp³-hybridized carbons (Fsp3) is 0.125. The summed E-state index contributed by atoms with van der Waals surface area (Å²) in [5.74, 6) is 0.0197. The molecule has 0 amide bonds. The smallest absolute Gasteiger partial charge is 0.138 e. The van der Waals surface area contributed by atoms with Crippen LogP contribution >= 0.6 is 11.6 Å². The van der Waals surface area contributed by atoms with Crippen LogP contribution < -0.4 is 0 Å². The number of furan rings is 1. The lowest BCUT2D eigenvalue weighted by Crippen LogP contribution is -1.99. The molecule has 20 heavy (non-hydrogen) atoms. The van der Waals surface area contributed by atoms with E-state index >= 15 is 0 Å². The van der Waals surface area contributed by atoms with Gasteiger partial charge in [0.2, 0.25) is 0 Å². The lowest BCUT2D eigenvalue weighted by molar-refractivity contribution is 0.192. The van der Waals surface area contributed by atoms with Crippen molar-refractivity contribution in [3.05, 3.63) is 70.2 Å². The maximum Gasteiger partial charge on any atom is 0.138 e. The maximum atomic E-state index is 13.6. The van der Waals surface area contributed by atoms with E-state index in [9.17, 15) is 9.50 Å². The van der Waals surface area contributed by atoms with E-state index in [1.54, 1.807) is 43.3 Å². The summed E-state index contributed by atoms with van der Waals surface area (Å²) in [6, 6.07) is 11.6. The third-order valence-electron chi connectivity index (χ3n) is 3.28. The molecule has 3 aromatic rings. The molecule has 0 bridgehead atoms. The van der Waals surface area contributed by atoms with Crippen LogP contribution in [-0.2, 0) is 0 Å². The van der Waals surface area contributed by atoms with Gasteiger partial charge in [-0.3, -0.25) is 0 Å². The average Bonchev–Trinajstić information content (AvgIpc) is 2.84. The predicted octanol–water partition coefficient (Wildman–Crippen LogP) is 4.62. The van der Waals surface area contributed by atoms with E-state index < -0.39 is 6.10 Å². The first-order valence-corrected chi connectivity index (χ1v) is 6.55. The molecule has 0 fully saturated rings. The van der Waals surface area contributed by atoms with E-state index in [1.165, 1.54) is 6.07 Å². The van der Waals surface area contributed by atoms with Crippen molar-refractivity contribution in [3.8, 4) is 0 Å². The Labute approximate surface area is 120 Å². The molecule has 2 nitrogen and oxygen atoms in total. The summed E-state index contributed by atoms with van der Waals surface area (Å²) < 4.78 is 19.1. The molecular weight excluding hydrogens is 279 g/mol. The molecule has 0 saturated heterocycles. The molecule has 0 radical (unpaired) electrons. The number of hydrogen-bond donors (Lipinski definition) is 1. The maximum absolute atomic E-state index is 13.6. The lowest BCUT2D eigenvalue weighted by Gasteiger charge is -2.08. The van der Waals surface area contributed by atoms with Crippen LogP contribution in [0.25, 0.3) is 11.0 Å². The molecule has 1 unspecified atom stereocenters. The van der Waals surface area contributed by atoms with Gasteiger partial charge in [0.1, 0.15) is 23.3 Å². The molecule has 4 heteroatoms. The highest BCUT2D eigenvalue weighted by Gasteiger charge is 2.16. The highest BCUT2D eigenvalue weighted by Crippen LogP contribution is 2.30. The number of aryl methyl sites for hydroxylation is 1. The van der Waals surface area contributed by atoms with Crippen molar-refractivity contribution in [2.24, 2.45) is 0 Å². The molecule has 3 rings (SSSR count). The summed E-state index contributed by atoms with van der Waals surface area (Å²) in [4.78, 5) is 0. The second-order valence-electron chi connectivity index (χ2n) is 4.74. The fourth-order valence-corrected chi connectivity index (χ4v) is 2.29. The average molecular weight is 291 g/mol. The summed E-state index contributed by atoms with van der Waals surface area (Å²) >= 11 is 5.91. The second kappa shape index (κ2) is 4.93. The Balaban J connectivity index is 2.02. The normalized spacial score (nSPS) is 12.8. The highest BCUT2D eigenvalue weighted by molar-refractivity contribution is 6.31. The van der Waals surface area contributed by atoms with Crippen molar-refractivity contribution in [2.75, 3.05) is 0 Å². The molecule has 0 aliphatic heterocycles. The van der Waals surface area contributed by atoms with Crippen LogP contribution in [-0.4, -0.2) is 5.11 Å². The van der Waals surface area contributed by atoms with Gasteiger partial charge in [0, 0.05) is 10.4 Å². The quantitative estimate of drug-likeness (QED) is 0.747. The Morgan fingerprint density at radius 1 is 1.15 bits per heavy atom. The zero-order chi connectivity index (χ0) is 14.3. The lowest BCUT2D eigenvalue weighted by atomic mass is 10.0. The summed E-state index contributed by atoms with van der Waals surface area (Å²) in [6.07, 6.45) is -1.00. The number of aliphatic hydroxyl groups is 1. The van der Waals surface area contributed by atoms with Crippen LogP contribution in [0.3, 0.4) is 0 Å². The predicted molar refractivity (Wildman–Crippen MR) is 76.4 cm³/mol. The topological polar surface area (TPSA) is 33.4 Å². The van der Waals surface area contributed by atoms with Gasteiger partial charge in [-0.2, -0.15) is 0 Å². The highest BCUT2D eigenvalue weighted by atomic mass is 35.5. The molecule has 1 N–H and O–H groups in total. The van der Waals surface area contributed by atoms with E-state index in [1.807, 2.05) is 0 Å². The number of halogens is 2. The van der Waals surface area contributed by atoms with Crippen LogP contribution in [0.4, 0.5) is 4.39 Å². The fourth-order valence-electron chi connectivity index (χ4n) is 2.11. The first-order valence-electron chi connectivity index (χ1n) is 6.18. The second-order valence-corrected chi connectivity index (χ2v) is 5.18. The molecule has 0 aliphatic rings. The minimum Gasteiger partial charge on any atom is -0.458 e. The van der Waals surface area contributed by atoms with Gasteiger partial charge in [0.25, 0.3) is 0 Å². The molecule has 0 saturated carbocycles. The van der Waals surface area contributed by atoms with Crippen molar-refractivity contribution in [1.82, 2.24) is 0 Å². The van der Waals surface area contributed by atoms with E-state index in [0.29, 0.717) is 27.5 Å². The summed E-state index contributed by atoms with van der Waals surface area (Å²) in [7, 11) is 0. The largest absolute Gasteiger partial charge is 0.458 e. The first kappa shape index (κ1) is 13.2. The van der Waals surface area contributed by atoms with Gasteiger partial charge in [-0.05, 0) is 48.4 Å². The van der Waals surface area contributed by atoms with Gasteiger partial charge in [-0.1, -0.05) is 23.7 Å². The molecule has 2 aromatic carbocycles. The summed E-state index contributed by atoms with van der Waals surface area (Å²) in [5, 5.41) is 11.7. The zero-order valence-corrected chi connectivity index (χ0v) is 11.5. The van der Waals surface area contributed by atoms with Gasteiger partial charge < -0.3 is 9.52 Å². The molecule has 0 spiro atoms. The van der Waals surface area contributed by atoms with Crippen molar-refractivity contribution in [1.29, 1.82) is 0 Å². The Hall–Kier alpha value is -1.84. The molecule has 1 heterocycles. The van der Waals surface area contributed by atoms with Crippen molar-refractivity contribution < 1.29 is 13.9 Å². The Morgan fingerprint density at radius 3 is 2.70 bits per heavy atom. The molecule has 0 aliphatic carbocycles. The van der Waals surface area contributed by atoms with Crippen LogP contribution in [0, 0.1) is 12.7 Å². The van der Waals surface area contributed by atoms with E-state index in [-0.39, 0.29) is 5.82 Å². The van der Waals surface area contributed by atoms with E-state index in [0.717, 1.165) is 5.39 Å². The summed E-state index contributed by atoms with van der Waals surface area (Å²) in [5.41, 5.74) is 1.63. The van der Waals surface area contributed by atoms with Crippen LogP contribution in [0.15, 0.2) is 46.9 Å². The van der Waals surface area contributed by atoms with Crippen molar-refractivity contribution in [2.45, 2.75) is 13.0 Å². The van der Waals surface area contributed by atoms with Crippen LogP contribution in [0.2, 0.25) is 5.02 Å². The summed E-state index contributed by atoms with van der Waals surface area (Å²) in [6.45, 7) is 1.68. The molecule has 1 aromatic heterocycles. The monoisotopic (exact) mass is 290 g/mol. The Morgan fingerprint density at radius 2 is 1.95 bits per heavy atom. The van der Waals surface area contributed by atoms with Gasteiger partial charge in [0.05, 0.1) is 0 Å². The van der Waals surface area contributed by atoms with Crippen molar-refractivity contribution in [3.63, 3.8) is 0 Å². The van der Waals surface area contributed by atoms with Gasteiger partial charge in [-0.25, -0.2) is 4.39 Å². The third kappa shape index (κ3) is 2.30. The van der Waals surface area contributed by atoms with Gasteiger partial charge in [0.15, 0.2) is 0 Å². The molecular formula is C16H12ClFO2. The van der Waals surface area contributed by atoms with Gasteiger partial charge in [-0.15, -0.1) is 0 Å². The van der Waals surface area contributed by atoms with E-state index in [2.05, 4.69) is 0 Å². The zero-order valence-electron chi connectivity index (χ0n) is 10.7. The van der Waals surface area contributed by atoms with Gasteiger partial charge >= 0.3 is 0 Å². The first-order chi connectivity index (χ1) is 9.54. The minimum atomic E-state index is -1.00. The van der Waals surface area contributed by atoms with Crippen molar-refractivity contribution >= 4 is 22.6 Å². The van der Waals surface area contributed by atoms with E-state index in [4.69, 9.17) is 16.0 Å². The molecule has 1 atom stereocenters. The SMILES string of the molecule is Cc1ccc(C(O)c2cc3cc(Cl)ccc3o2)cc1F. The number of benzene rings is 2. The molecule has 102 valence electrons. The van der Waals surface area contributed by atoms with Crippen LogP contribution in [0.5, 0.6) is 0 Å². The van der Waals surface area contributed by atoms with Crippen LogP contribution in [0.1, 0.15) is 23.0 Å². The standard InChI is InChI=1S/C16H12ClFO2/c1-9-2-3-10(7-13(9)18)16(19)15-8-11-6-12(17)4-5-14(11)20-15/h2-8,16,19H,1H3. The minimum absolute atomic E-state index is 0.347. The Kier molecular flexibility index (Phi) is 3.24.